The van der Waals surface area contributed by atoms with Crippen molar-refractivity contribution in [1.29, 1.82) is 0 Å². The van der Waals surface area contributed by atoms with E-state index in [0.717, 1.165) is 37.0 Å². The molecule has 1 fully saturated rings. The summed E-state index contributed by atoms with van der Waals surface area (Å²) in [6.07, 6.45) is 6.48. The van der Waals surface area contributed by atoms with E-state index in [4.69, 9.17) is 9.52 Å². The third kappa shape index (κ3) is 4.45. The third-order valence-electron chi connectivity index (χ3n) is 4.65. The molecule has 0 spiro atoms. The minimum absolute atomic E-state index is 0.0434. The van der Waals surface area contributed by atoms with Crippen LogP contribution in [0.2, 0.25) is 0 Å². The van der Waals surface area contributed by atoms with Gasteiger partial charge in [-0.25, -0.2) is 4.98 Å². The van der Waals surface area contributed by atoms with Gasteiger partial charge in [-0.3, -0.25) is 4.79 Å². The van der Waals surface area contributed by atoms with Crippen molar-refractivity contribution in [2.24, 2.45) is 5.92 Å². The molecule has 1 aromatic heterocycles. The van der Waals surface area contributed by atoms with Gasteiger partial charge < -0.3 is 14.8 Å². The number of oxazole rings is 1. The summed E-state index contributed by atoms with van der Waals surface area (Å²) in [7, 11) is 0. The number of rotatable bonds is 6. The van der Waals surface area contributed by atoms with Crippen LogP contribution in [0.4, 0.5) is 0 Å². The van der Waals surface area contributed by atoms with Crippen LogP contribution < -0.4 is 5.32 Å². The average molecular weight is 328 g/mol. The fourth-order valence-corrected chi connectivity index (χ4v) is 3.17. The van der Waals surface area contributed by atoms with Gasteiger partial charge in [0.15, 0.2) is 11.7 Å². The summed E-state index contributed by atoms with van der Waals surface area (Å²) >= 11 is 0. The quantitative estimate of drug-likeness (QED) is 0.855. The molecule has 128 valence electrons. The summed E-state index contributed by atoms with van der Waals surface area (Å²) in [5, 5.41) is 12.2. The van der Waals surface area contributed by atoms with E-state index in [1.54, 1.807) is 6.20 Å². The van der Waals surface area contributed by atoms with E-state index >= 15 is 0 Å². The molecule has 5 heteroatoms. The number of amides is 1. The van der Waals surface area contributed by atoms with Gasteiger partial charge in [-0.05, 0) is 31.6 Å². The predicted molar refractivity (Wildman–Crippen MR) is 91.2 cm³/mol. The summed E-state index contributed by atoms with van der Waals surface area (Å²) in [5.74, 6) is 1.77. The van der Waals surface area contributed by atoms with Crippen molar-refractivity contribution < 1.29 is 14.3 Å². The van der Waals surface area contributed by atoms with Gasteiger partial charge in [0, 0.05) is 31.1 Å². The number of benzene rings is 1. The number of hydrogen-bond donors (Lipinski definition) is 2. The van der Waals surface area contributed by atoms with Crippen molar-refractivity contribution >= 4 is 5.91 Å². The van der Waals surface area contributed by atoms with Crippen molar-refractivity contribution in [2.45, 2.75) is 44.6 Å². The van der Waals surface area contributed by atoms with Crippen LogP contribution in [-0.2, 0) is 11.2 Å². The summed E-state index contributed by atoms with van der Waals surface area (Å²) in [6, 6.07) is 10.1. The van der Waals surface area contributed by atoms with Gasteiger partial charge in [0.05, 0.1) is 6.20 Å². The molecule has 0 aliphatic heterocycles. The van der Waals surface area contributed by atoms with E-state index in [9.17, 15) is 4.79 Å². The highest BCUT2D eigenvalue weighted by Crippen LogP contribution is 2.24. The second-order valence-electron chi connectivity index (χ2n) is 6.45. The first-order chi connectivity index (χ1) is 11.7. The molecule has 1 aliphatic carbocycles. The minimum atomic E-state index is 0.0434. The highest BCUT2D eigenvalue weighted by Gasteiger charge is 2.21. The van der Waals surface area contributed by atoms with Crippen LogP contribution in [0.25, 0.3) is 11.3 Å². The summed E-state index contributed by atoms with van der Waals surface area (Å²) in [4.78, 5) is 16.3. The van der Waals surface area contributed by atoms with E-state index < -0.39 is 0 Å². The van der Waals surface area contributed by atoms with Crippen molar-refractivity contribution in [1.82, 2.24) is 10.3 Å². The zero-order chi connectivity index (χ0) is 16.8. The van der Waals surface area contributed by atoms with Crippen LogP contribution in [0.5, 0.6) is 0 Å². The standard InChI is InChI=1S/C19H24N2O3/c22-13-14-6-8-16(9-7-14)21-18(23)10-11-19-20-12-17(24-19)15-4-2-1-3-5-15/h1-5,12,14,16,22H,6-11,13H2,(H,21,23). The Morgan fingerprint density at radius 2 is 1.96 bits per heavy atom. The lowest BCUT2D eigenvalue weighted by molar-refractivity contribution is -0.122. The number of hydrogen-bond acceptors (Lipinski definition) is 4. The molecular weight excluding hydrogens is 304 g/mol. The molecule has 3 rings (SSSR count). The number of carbonyl (C=O) groups is 1. The number of aliphatic hydroxyl groups is 1. The van der Waals surface area contributed by atoms with Gasteiger partial charge >= 0.3 is 0 Å². The van der Waals surface area contributed by atoms with Gasteiger partial charge in [0.2, 0.25) is 5.91 Å². The first kappa shape index (κ1) is 16.7. The Kier molecular flexibility index (Phi) is 5.64. The number of aryl methyl sites for hydroxylation is 1. The number of nitrogens with zero attached hydrogens (tertiary/aromatic N) is 1. The molecule has 0 unspecified atom stereocenters. The topological polar surface area (TPSA) is 75.4 Å². The monoisotopic (exact) mass is 328 g/mol. The van der Waals surface area contributed by atoms with Crippen LogP contribution in [0.1, 0.15) is 38.0 Å². The second-order valence-corrected chi connectivity index (χ2v) is 6.45. The Labute approximate surface area is 142 Å². The fraction of sp³-hybridized carbons (Fsp3) is 0.474. The molecule has 1 amide bonds. The molecule has 1 aromatic carbocycles. The Morgan fingerprint density at radius 3 is 2.67 bits per heavy atom. The zero-order valence-electron chi connectivity index (χ0n) is 13.8. The van der Waals surface area contributed by atoms with Gasteiger partial charge in [0.1, 0.15) is 0 Å². The number of aliphatic hydroxyl groups excluding tert-OH is 1. The van der Waals surface area contributed by atoms with E-state index in [-0.39, 0.29) is 18.6 Å². The Bertz CT molecular complexity index is 646. The van der Waals surface area contributed by atoms with Gasteiger partial charge in [-0.15, -0.1) is 0 Å². The first-order valence-electron chi connectivity index (χ1n) is 8.65. The lowest BCUT2D eigenvalue weighted by atomic mass is 9.86. The van der Waals surface area contributed by atoms with E-state index in [1.165, 1.54) is 0 Å². The first-order valence-corrected chi connectivity index (χ1v) is 8.65. The molecule has 2 aromatic rings. The lowest BCUT2D eigenvalue weighted by Gasteiger charge is -2.27. The van der Waals surface area contributed by atoms with Crippen LogP contribution in [-0.4, -0.2) is 28.6 Å². The Balaban J connectivity index is 1.44. The van der Waals surface area contributed by atoms with E-state index in [2.05, 4.69) is 10.3 Å². The molecule has 0 atom stereocenters. The highest BCUT2D eigenvalue weighted by molar-refractivity contribution is 5.76. The molecule has 1 heterocycles. The normalized spacial score (nSPS) is 20.7. The molecule has 0 radical (unpaired) electrons. The molecule has 0 saturated heterocycles. The minimum Gasteiger partial charge on any atom is -0.441 e. The maximum absolute atomic E-state index is 12.1. The smallest absolute Gasteiger partial charge is 0.220 e. The molecular formula is C19H24N2O3. The summed E-state index contributed by atoms with van der Waals surface area (Å²) in [6.45, 7) is 0.259. The van der Waals surface area contributed by atoms with Gasteiger partial charge in [0.25, 0.3) is 0 Å². The van der Waals surface area contributed by atoms with Crippen LogP contribution in [0.15, 0.2) is 40.9 Å². The zero-order valence-corrected chi connectivity index (χ0v) is 13.8. The van der Waals surface area contributed by atoms with E-state index in [0.29, 0.717) is 24.7 Å². The largest absolute Gasteiger partial charge is 0.441 e. The fourth-order valence-electron chi connectivity index (χ4n) is 3.17. The van der Waals surface area contributed by atoms with Crippen LogP contribution in [0.3, 0.4) is 0 Å². The molecule has 24 heavy (non-hydrogen) atoms. The molecule has 5 nitrogen and oxygen atoms in total. The molecule has 1 aliphatic rings. The van der Waals surface area contributed by atoms with Gasteiger partial charge in [-0.2, -0.15) is 0 Å². The van der Waals surface area contributed by atoms with Crippen LogP contribution in [0, 0.1) is 5.92 Å². The number of aromatic nitrogens is 1. The average Bonchev–Trinajstić information content (AvgIpc) is 3.10. The third-order valence-corrected chi connectivity index (χ3v) is 4.65. The lowest BCUT2D eigenvalue weighted by Crippen LogP contribution is -2.38. The SMILES string of the molecule is O=C(CCc1ncc(-c2ccccc2)o1)NC1CCC(CO)CC1. The Morgan fingerprint density at radius 1 is 1.21 bits per heavy atom. The van der Waals surface area contributed by atoms with Crippen LogP contribution >= 0.6 is 0 Å². The highest BCUT2D eigenvalue weighted by atomic mass is 16.4. The molecule has 2 N–H and O–H groups in total. The maximum Gasteiger partial charge on any atom is 0.220 e. The Hall–Kier alpha value is -2.14. The van der Waals surface area contributed by atoms with Gasteiger partial charge in [-0.1, -0.05) is 30.3 Å². The summed E-state index contributed by atoms with van der Waals surface area (Å²) < 4.78 is 5.72. The molecule has 1 saturated carbocycles. The number of carbonyl (C=O) groups excluding carboxylic acids is 1. The van der Waals surface area contributed by atoms with Crippen molar-refractivity contribution in [2.75, 3.05) is 6.61 Å². The molecule has 0 bridgehead atoms. The van der Waals surface area contributed by atoms with E-state index in [1.807, 2.05) is 30.3 Å². The second kappa shape index (κ2) is 8.11. The van der Waals surface area contributed by atoms with Crippen molar-refractivity contribution in [3.8, 4) is 11.3 Å². The maximum atomic E-state index is 12.1. The van der Waals surface area contributed by atoms with Crippen molar-refractivity contribution in [3.05, 3.63) is 42.4 Å². The van der Waals surface area contributed by atoms with Crippen molar-refractivity contribution in [3.63, 3.8) is 0 Å². The summed E-state index contributed by atoms with van der Waals surface area (Å²) in [5.41, 5.74) is 0.987. The number of nitrogens with one attached hydrogen (secondary N) is 1. The predicted octanol–water partition coefficient (Wildman–Crippen LogP) is 2.94.